The van der Waals surface area contributed by atoms with Gasteiger partial charge in [-0.15, -0.1) is 0 Å². The van der Waals surface area contributed by atoms with E-state index in [1.165, 1.54) is 36.4 Å². The minimum absolute atomic E-state index is 0.150. The molecule has 1 fully saturated rings. The molecule has 0 N–H and O–H groups in total. The molecule has 1 heterocycles. The molecule has 7 nitrogen and oxygen atoms in total. The van der Waals surface area contributed by atoms with Gasteiger partial charge in [0.25, 0.3) is 11.8 Å². The second-order valence-corrected chi connectivity index (χ2v) is 8.26. The molecule has 0 unspecified atom stereocenters. The van der Waals surface area contributed by atoms with Gasteiger partial charge in [-0.3, -0.25) is 9.59 Å². The van der Waals surface area contributed by atoms with Gasteiger partial charge in [0.2, 0.25) is 12.2 Å². The lowest BCUT2D eigenvalue weighted by Gasteiger charge is -2.16. The van der Waals surface area contributed by atoms with Crippen LogP contribution in [0.2, 0.25) is 5.02 Å². The highest BCUT2D eigenvalue weighted by Gasteiger charge is 2.53. The van der Waals surface area contributed by atoms with Gasteiger partial charge < -0.3 is 9.47 Å². The standard InChI is InChI=1S/C24H15BrClNO6/c25-17-12-11-16(13-18(17)26)27-21(28)19(32-23(30)14-7-3-1-4-8-14)20(22(27)29)33-24(31)15-9-5-2-6-10-15/h1-13,19-20H/t19-,20-/m1/s1. The second kappa shape index (κ2) is 9.56. The highest BCUT2D eigenvalue weighted by atomic mass is 79.9. The van der Waals surface area contributed by atoms with Gasteiger partial charge in [0.1, 0.15) is 0 Å². The summed E-state index contributed by atoms with van der Waals surface area (Å²) in [5.74, 6) is -3.38. The zero-order valence-corrected chi connectivity index (χ0v) is 19.2. The van der Waals surface area contributed by atoms with Gasteiger partial charge >= 0.3 is 11.9 Å². The fourth-order valence-electron chi connectivity index (χ4n) is 3.24. The molecule has 4 rings (SSSR count). The van der Waals surface area contributed by atoms with Crippen molar-refractivity contribution in [3.63, 3.8) is 0 Å². The van der Waals surface area contributed by atoms with E-state index < -0.39 is 36.0 Å². The molecule has 0 bridgehead atoms. The van der Waals surface area contributed by atoms with Gasteiger partial charge in [-0.25, -0.2) is 14.5 Å². The molecule has 0 radical (unpaired) electrons. The molecule has 1 saturated heterocycles. The Hall–Kier alpha value is -3.49. The fourth-order valence-corrected chi connectivity index (χ4v) is 3.66. The van der Waals surface area contributed by atoms with Gasteiger partial charge in [-0.2, -0.15) is 0 Å². The number of imide groups is 1. The summed E-state index contributed by atoms with van der Waals surface area (Å²) in [6, 6.07) is 20.4. The van der Waals surface area contributed by atoms with Crippen LogP contribution in [0, 0.1) is 0 Å². The van der Waals surface area contributed by atoms with E-state index in [2.05, 4.69) is 15.9 Å². The SMILES string of the molecule is O=C(O[C@H]1C(=O)N(c2ccc(Br)c(Cl)c2)C(=O)[C@@H]1OC(=O)c1ccccc1)c1ccccc1. The number of ether oxygens (including phenoxy) is 2. The summed E-state index contributed by atoms with van der Waals surface area (Å²) in [7, 11) is 0. The number of amides is 2. The van der Waals surface area contributed by atoms with E-state index in [1.807, 2.05) is 0 Å². The first-order chi connectivity index (χ1) is 15.9. The lowest BCUT2D eigenvalue weighted by molar-refractivity contribution is -0.130. The normalized spacial score (nSPS) is 17.7. The minimum atomic E-state index is -1.67. The Kier molecular flexibility index (Phi) is 6.57. The average molecular weight is 529 g/mol. The Morgan fingerprint density at radius 1 is 0.758 bits per heavy atom. The summed E-state index contributed by atoms with van der Waals surface area (Å²) < 4.78 is 11.3. The van der Waals surface area contributed by atoms with Crippen LogP contribution in [0.1, 0.15) is 20.7 Å². The number of hydrogen-bond donors (Lipinski definition) is 0. The van der Waals surface area contributed by atoms with Crippen LogP contribution >= 0.6 is 27.5 Å². The van der Waals surface area contributed by atoms with Crippen LogP contribution < -0.4 is 4.90 Å². The van der Waals surface area contributed by atoms with Crippen molar-refractivity contribution in [1.29, 1.82) is 0 Å². The molecule has 1 aliphatic rings. The summed E-state index contributed by atoms with van der Waals surface area (Å²) in [5.41, 5.74) is 0.504. The number of hydrogen-bond acceptors (Lipinski definition) is 6. The van der Waals surface area contributed by atoms with Crippen molar-refractivity contribution in [2.75, 3.05) is 4.90 Å². The molecule has 33 heavy (non-hydrogen) atoms. The Morgan fingerprint density at radius 3 is 1.64 bits per heavy atom. The summed E-state index contributed by atoms with van der Waals surface area (Å²) in [5, 5.41) is 0.260. The highest BCUT2D eigenvalue weighted by Crippen LogP contribution is 2.32. The number of carbonyl (C=O) groups is 4. The summed E-state index contributed by atoms with van der Waals surface area (Å²) in [6.45, 7) is 0. The molecule has 0 spiro atoms. The quantitative estimate of drug-likeness (QED) is 0.360. The number of nitrogens with zero attached hydrogens (tertiary/aromatic N) is 1. The fraction of sp³-hybridized carbons (Fsp3) is 0.0833. The number of anilines is 1. The number of esters is 2. The van der Waals surface area contributed by atoms with E-state index in [-0.39, 0.29) is 21.8 Å². The summed E-state index contributed by atoms with van der Waals surface area (Å²) in [6.07, 6.45) is -3.33. The Balaban J connectivity index is 1.67. The maximum Gasteiger partial charge on any atom is 0.339 e. The van der Waals surface area contributed by atoms with Crippen molar-refractivity contribution in [2.45, 2.75) is 12.2 Å². The van der Waals surface area contributed by atoms with E-state index in [9.17, 15) is 19.2 Å². The molecule has 1 aliphatic heterocycles. The minimum Gasteiger partial charge on any atom is -0.444 e. The maximum absolute atomic E-state index is 13.2. The second-order valence-electron chi connectivity index (χ2n) is 6.99. The number of halogens is 2. The van der Waals surface area contributed by atoms with Gasteiger partial charge in [0.05, 0.1) is 21.8 Å². The van der Waals surface area contributed by atoms with Crippen molar-refractivity contribution in [3.05, 3.63) is 99.5 Å². The predicted octanol–water partition coefficient (Wildman–Crippen LogP) is 4.43. The first-order valence-corrected chi connectivity index (χ1v) is 10.9. The molecule has 3 aromatic rings. The Labute approximate surface area is 202 Å². The first-order valence-electron chi connectivity index (χ1n) is 9.72. The van der Waals surface area contributed by atoms with Crippen LogP contribution in [0.5, 0.6) is 0 Å². The van der Waals surface area contributed by atoms with Gasteiger partial charge in [0, 0.05) is 4.47 Å². The van der Waals surface area contributed by atoms with Crippen LogP contribution in [-0.2, 0) is 19.1 Å². The van der Waals surface area contributed by atoms with E-state index in [4.69, 9.17) is 21.1 Å². The molecular weight excluding hydrogens is 514 g/mol. The van der Waals surface area contributed by atoms with Crippen LogP contribution in [0.3, 0.4) is 0 Å². The molecule has 2 atom stereocenters. The topological polar surface area (TPSA) is 90.0 Å². The number of rotatable bonds is 5. The smallest absolute Gasteiger partial charge is 0.339 e. The highest BCUT2D eigenvalue weighted by molar-refractivity contribution is 9.10. The van der Waals surface area contributed by atoms with Crippen molar-refractivity contribution >= 4 is 57.0 Å². The van der Waals surface area contributed by atoms with Crippen LogP contribution in [0.15, 0.2) is 83.3 Å². The van der Waals surface area contributed by atoms with Gasteiger partial charge in [0.15, 0.2) is 0 Å². The van der Waals surface area contributed by atoms with Crippen molar-refractivity contribution < 1.29 is 28.7 Å². The summed E-state index contributed by atoms with van der Waals surface area (Å²) >= 11 is 9.37. The maximum atomic E-state index is 13.2. The van der Waals surface area contributed by atoms with E-state index in [0.29, 0.717) is 4.47 Å². The van der Waals surface area contributed by atoms with E-state index in [1.54, 1.807) is 42.5 Å². The number of benzene rings is 3. The van der Waals surface area contributed by atoms with Crippen LogP contribution in [0.4, 0.5) is 5.69 Å². The molecule has 166 valence electrons. The van der Waals surface area contributed by atoms with Crippen molar-refractivity contribution in [1.82, 2.24) is 0 Å². The van der Waals surface area contributed by atoms with Crippen molar-refractivity contribution in [2.24, 2.45) is 0 Å². The van der Waals surface area contributed by atoms with Gasteiger partial charge in [-0.05, 0) is 58.4 Å². The molecule has 9 heteroatoms. The van der Waals surface area contributed by atoms with E-state index in [0.717, 1.165) is 4.90 Å². The molecule has 0 aromatic heterocycles. The third kappa shape index (κ3) is 4.67. The molecule has 0 aliphatic carbocycles. The monoisotopic (exact) mass is 527 g/mol. The predicted molar refractivity (Wildman–Crippen MR) is 123 cm³/mol. The Bertz CT molecular complexity index is 1160. The summed E-state index contributed by atoms with van der Waals surface area (Å²) in [4.78, 5) is 52.4. The number of carbonyl (C=O) groups excluding carboxylic acids is 4. The largest absolute Gasteiger partial charge is 0.444 e. The molecule has 2 amide bonds. The lowest BCUT2D eigenvalue weighted by Crippen LogP contribution is -2.37. The van der Waals surface area contributed by atoms with Gasteiger partial charge in [-0.1, -0.05) is 48.0 Å². The molecule has 3 aromatic carbocycles. The van der Waals surface area contributed by atoms with E-state index >= 15 is 0 Å². The lowest BCUT2D eigenvalue weighted by atomic mass is 10.2. The average Bonchev–Trinajstić information content (AvgIpc) is 3.06. The third-order valence-electron chi connectivity index (χ3n) is 4.85. The Morgan fingerprint density at radius 2 is 1.21 bits per heavy atom. The van der Waals surface area contributed by atoms with Crippen LogP contribution in [-0.4, -0.2) is 36.0 Å². The first kappa shape index (κ1) is 22.7. The molecule has 0 saturated carbocycles. The van der Waals surface area contributed by atoms with Crippen molar-refractivity contribution in [3.8, 4) is 0 Å². The zero-order chi connectivity index (χ0) is 23.5. The molecular formula is C24H15BrClNO6. The third-order valence-corrected chi connectivity index (χ3v) is 6.08. The van der Waals surface area contributed by atoms with Crippen LogP contribution in [0.25, 0.3) is 0 Å². The zero-order valence-electron chi connectivity index (χ0n) is 16.8.